The van der Waals surface area contributed by atoms with E-state index in [4.69, 9.17) is 4.98 Å². The van der Waals surface area contributed by atoms with E-state index < -0.39 is 0 Å². The summed E-state index contributed by atoms with van der Waals surface area (Å²) in [5.41, 5.74) is 15.7. The first-order valence-electron chi connectivity index (χ1n) is 19.9. The monoisotopic (exact) mass is 675 g/mol. The molecule has 0 bridgehead atoms. The van der Waals surface area contributed by atoms with Crippen molar-refractivity contribution < 1.29 is 0 Å². The van der Waals surface area contributed by atoms with Crippen LogP contribution in [0.4, 0.5) is 0 Å². The first kappa shape index (κ1) is 36.8. The highest BCUT2D eigenvalue weighted by molar-refractivity contribution is 5.85. The normalized spacial score (nSPS) is 13.6. The van der Waals surface area contributed by atoms with Crippen molar-refractivity contribution in [1.29, 1.82) is 0 Å². The van der Waals surface area contributed by atoms with Crippen molar-refractivity contribution in [1.82, 2.24) is 4.98 Å². The van der Waals surface area contributed by atoms with Crippen molar-refractivity contribution in [3.8, 4) is 44.8 Å². The summed E-state index contributed by atoms with van der Waals surface area (Å²) < 4.78 is 0. The Kier molecular flexibility index (Phi) is 11.1. The van der Waals surface area contributed by atoms with Crippen LogP contribution in [0.15, 0.2) is 103 Å². The van der Waals surface area contributed by atoms with Crippen LogP contribution in [0.5, 0.6) is 0 Å². The average molecular weight is 676 g/mol. The zero-order chi connectivity index (χ0) is 36.2. The lowest BCUT2D eigenvalue weighted by Crippen LogP contribution is -2.25. The summed E-state index contributed by atoms with van der Waals surface area (Å²) in [6.45, 7) is 18.6. The summed E-state index contributed by atoms with van der Waals surface area (Å²) in [7, 11) is 0. The van der Waals surface area contributed by atoms with E-state index >= 15 is 0 Å². The molecular formula is C50H61N. The van der Waals surface area contributed by atoms with Crippen LogP contribution in [-0.4, -0.2) is 4.98 Å². The summed E-state index contributed by atoms with van der Waals surface area (Å²) in [6, 6.07) is 39.3. The maximum absolute atomic E-state index is 5.44. The Bertz CT molecular complexity index is 1890. The van der Waals surface area contributed by atoms with Crippen molar-refractivity contribution in [3.05, 3.63) is 125 Å². The molecule has 5 aromatic rings. The first-order valence-corrected chi connectivity index (χ1v) is 19.9. The minimum absolute atomic E-state index is 0.0424. The number of hydrogen-bond donors (Lipinski definition) is 0. The van der Waals surface area contributed by atoms with Gasteiger partial charge in [-0.1, -0.05) is 192 Å². The highest BCUT2D eigenvalue weighted by Gasteiger charge is 2.42. The molecule has 0 aliphatic heterocycles. The van der Waals surface area contributed by atoms with Gasteiger partial charge in [0.1, 0.15) is 0 Å². The molecule has 266 valence electrons. The van der Waals surface area contributed by atoms with E-state index in [1.54, 1.807) is 5.56 Å². The van der Waals surface area contributed by atoms with Crippen molar-refractivity contribution in [3.63, 3.8) is 0 Å². The summed E-state index contributed by atoms with van der Waals surface area (Å²) in [4.78, 5) is 5.44. The lowest BCUT2D eigenvalue weighted by atomic mass is 9.70. The van der Waals surface area contributed by atoms with Gasteiger partial charge in [-0.15, -0.1) is 0 Å². The van der Waals surface area contributed by atoms with Crippen LogP contribution < -0.4 is 0 Å². The number of benzene rings is 4. The van der Waals surface area contributed by atoms with Gasteiger partial charge in [0.2, 0.25) is 0 Å². The van der Waals surface area contributed by atoms with Gasteiger partial charge < -0.3 is 0 Å². The predicted molar refractivity (Wildman–Crippen MR) is 222 cm³/mol. The molecule has 1 aromatic heterocycles. The molecule has 0 saturated carbocycles. The number of unbranched alkanes of at least 4 members (excludes halogenated alkanes) is 6. The third-order valence-corrected chi connectivity index (χ3v) is 11.4. The molecule has 0 fully saturated rings. The van der Waals surface area contributed by atoms with Crippen LogP contribution in [0.2, 0.25) is 0 Å². The number of fused-ring (bicyclic) bond motifs is 3. The standard InChI is InChI=1S/C50H61N/c1-9-11-13-20-28-50(29-21-14-12-10-2)44-25-19-18-24-42(44)43-27-26-37(32-45(43)50)47-34-39(33-46(51-47)36-22-16-15-17-23-36)38-30-40(48(3,4)5)35-41(31-38)49(6,7)8/h15-19,22-27,30-35H,9-14,20-21,28-29H2,1-8H3. The average Bonchev–Trinajstić information content (AvgIpc) is 3.40. The molecule has 4 aromatic carbocycles. The molecule has 0 radical (unpaired) electrons. The minimum Gasteiger partial charge on any atom is -0.248 e. The smallest absolute Gasteiger partial charge is 0.0715 e. The quantitative estimate of drug-likeness (QED) is 0.113. The van der Waals surface area contributed by atoms with Gasteiger partial charge in [0.25, 0.3) is 0 Å². The Morgan fingerprint density at radius 2 is 0.980 bits per heavy atom. The Morgan fingerprint density at radius 1 is 0.451 bits per heavy atom. The maximum Gasteiger partial charge on any atom is 0.0715 e. The van der Waals surface area contributed by atoms with E-state index in [1.807, 2.05) is 0 Å². The van der Waals surface area contributed by atoms with Crippen molar-refractivity contribution in [2.24, 2.45) is 0 Å². The van der Waals surface area contributed by atoms with Crippen molar-refractivity contribution in [2.75, 3.05) is 0 Å². The molecule has 0 spiro atoms. The van der Waals surface area contributed by atoms with Crippen LogP contribution in [0.3, 0.4) is 0 Å². The van der Waals surface area contributed by atoms with E-state index in [9.17, 15) is 0 Å². The number of rotatable bonds is 13. The second-order valence-electron chi connectivity index (χ2n) is 17.3. The molecule has 1 nitrogen and oxygen atoms in total. The minimum atomic E-state index is 0.0424. The van der Waals surface area contributed by atoms with Crippen molar-refractivity contribution in [2.45, 2.75) is 136 Å². The number of hydrogen-bond acceptors (Lipinski definition) is 1. The molecule has 1 aliphatic rings. The van der Waals surface area contributed by atoms with E-state index in [0.717, 1.165) is 17.0 Å². The number of pyridine rings is 1. The second kappa shape index (κ2) is 15.3. The third-order valence-electron chi connectivity index (χ3n) is 11.4. The fourth-order valence-electron chi connectivity index (χ4n) is 8.25. The molecule has 1 aliphatic carbocycles. The number of nitrogens with zero attached hydrogens (tertiary/aromatic N) is 1. The lowest BCUT2D eigenvalue weighted by molar-refractivity contribution is 0.401. The lowest BCUT2D eigenvalue weighted by Gasteiger charge is -2.33. The van der Waals surface area contributed by atoms with Gasteiger partial charge >= 0.3 is 0 Å². The van der Waals surface area contributed by atoms with E-state index in [-0.39, 0.29) is 16.2 Å². The van der Waals surface area contributed by atoms with Crippen molar-refractivity contribution >= 4 is 0 Å². The van der Waals surface area contributed by atoms with Gasteiger partial charge in [-0.3, -0.25) is 0 Å². The van der Waals surface area contributed by atoms with Crippen LogP contribution in [0.1, 0.15) is 142 Å². The summed E-state index contributed by atoms with van der Waals surface area (Å²) in [5.74, 6) is 0. The third kappa shape index (κ3) is 7.94. The molecule has 51 heavy (non-hydrogen) atoms. The Hall–Kier alpha value is -3.97. The van der Waals surface area contributed by atoms with Gasteiger partial charge in [0, 0.05) is 16.5 Å². The highest BCUT2D eigenvalue weighted by atomic mass is 14.7. The van der Waals surface area contributed by atoms with E-state index in [1.165, 1.54) is 109 Å². The summed E-state index contributed by atoms with van der Waals surface area (Å²) in [6.07, 6.45) is 12.7. The zero-order valence-corrected chi connectivity index (χ0v) is 32.8. The van der Waals surface area contributed by atoms with Crippen LogP contribution in [-0.2, 0) is 16.2 Å². The molecule has 6 rings (SSSR count). The SMILES string of the molecule is CCCCCCC1(CCCCCC)c2ccccc2-c2ccc(-c3cc(-c4cc(C(C)(C)C)cc(C(C)(C)C)c4)cc(-c4ccccc4)n3)cc21. The van der Waals surface area contributed by atoms with Crippen LogP contribution in [0.25, 0.3) is 44.8 Å². The Morgan fingerprint density at radius 3 is 1.57 bits per heavy atom. The second-order valence-corrected chi connectivity index (χ2v) is 17.3. The van der Waals surface area contributed by atoms with Gasteiger partial charge in [-0.25, -0.2) is 4.98 Å². The van der Waals surface area contributed by atoms with E-state index in [0.29, 0.717) is 0 Å². The van der Waals surface area contributed by atoms with Gasteiger partial charge in [0.05, 0.1) is 11.4 Å². The van der Waals surface area contributed by atoms with Gasteiger partial charge in [-0.2, -0.15) is 0 Å². The molecule has 0 unspecified atom stereocenters. The largest absolute Gasteiger partial charge is 0.248 e. The topological polar surface area (TPSA) is 12.9 Å². The maximum atomic E-state index is 5.44. The molecule has 1 heteroatoms. The Balaban J connectivity index is 1.54. The van der Waals surface area contributed by atoms with Gasteiger partial charge in [-0.05, 0) is 86.4 Å². The molecular weight excluding hydrogens is 615 g/mol. The fraction of sp³-hybridized carbons (Fsp3) is 0.420. The number of aromatic nitrogens is 1. The molecule has 0 atom stereocenters. The zero-order valence-electron chi connectivity index (χ0n) is 32.8. The highest BCUT2D eigenvalue weighted by Crippen LogP contribution is 2.55. The molecule has 0 N–H and O–H groups in total. The van der Waals surface area contributed by atoms with E-state index in [2.05, 4.69) is 159 Å². The fourth-order valence-corrected chi connectivity index (χ4v) is 8.25. The first-order chi connectivity index (χ1) is 24.4. The summed E-state index contributed by atoms with van der Waals surface area (Å²) in [5, 5.41) is 0. The molecule has 1 heterocycles. The molecule has 0 saturated heterocycles. The summed E-state index contributed by atoms with van der Waals surface area (Å²) >= 11 is 0. The van der Waals surface area contributed by atoms with Crippen LogP contribution >= 0.6 is 0 Å². The van der Waals surface area contributed by atoms with Crippen LogP contribution in [0, 0.1) is 0 Å². The Labute approximate surface area is 310 Å². The predicted octanol–water partition coefficient (Wildman–Crippen LogP) is 14.9. The van der Waals surface area contributed by atoms with Gasteiger partial charge in [0.15, 0.2) is 0 Å². The molecule has 0 amide bonds.